The maximum absolute atomic E-state index is 12.5. The average molecular weight is 412 g/mol. The number of piperidine rings is 1. The van der Waals surface area contributed by atoms with E-state index in [-0.39, 0.29) is 31.6 Å². The van der Waals surface area contributed by atoms with Crippen LogP contribution in [0.1, 0.15) is 40.7 Å². The van der Waals surface area contributed by atoms with Crippen molar-refractivity contribution in [2.45, 2.75) is 32.5 Å². The van der Waals surface area contributed by atoms with Gasteiger partial charge in [-0.3, -0.25) is 14.9 Å². The minimum Gasteiger partial charge on any atom is -0.467 e. The zero-order valence-electron chi connectivity index (χ0n) is 16.2. The van der Waals surface area contributed by atoms with Gasteiger partial charge in [-0.15, -0.1) is 0 Å². The quantitative estimate of drug-likeness (QED) is 0.421. The predicted octanol–water partition coefficient (Wildman–Crippen LogP) is 3.34. The molecule has 0 bridgehead atoms. The van der Waals surface area contributed by atoms with Crippen molar-refractivity contribution in [1.29, 1.82) is 0 Å². The highest BCUT2D eigenvalue weighted by Gasteiger charge is 2.23. The van der Waals surface area contributed by atoms with E-state index in [0.29, 0.717) is 35.4 Å². The second-order valence-electron chi connectivity index (χ2n) is 7.09. The van der Waals surface area contributed by atoms with Crippen molar-refractivity contribution in [3.05, 3.63) is 63.2 Å². The van der Waals surface area contributed by atoms with Crippen molar-refractivity contribution < 1.29 is 28.7 Å². The van der Waals surface area contributed by atoms with E-state index in [1.54, 1.807) is 29.2 Å². The molecule has 0 atom stereocenters. The second kappa shape index (κ2) is 8.50. The molecule has 0 aromatic heterocycles. The first-order chi connectivity index (χ1) is 14.5. The van der Waals surface area contributed by atoms with Gasteiger partial charge in [0.1, 0.15) is 12.4 Å². The second-order valence-corrected chi connectivity index (χ2v) is 7.09. The lowest BCUT2D eigenvalue weighted by Crippen LogP contribution is -2.35. The number of rotatable bonds is 5. The SMILES string of the molecule is O=C(OCc1cc([N+](=O)[O-])cc2c1OCOC2)c1ccc(N2CCCCC2=O)cc1. The standard InChI is InChI=1S/C21H20N2O7/c24-19-3-1-2-8-22(19)17-6-4-14(5-7-17)21(25)29-12-16-10-18(23(26)27)9-15-11-28-13-30-20(15)16/h4-7,9-10H,1-3,8,11-13H2. The minimum atomic E-state index is -0.571. The Balaban J connectivity index is 1.46. The van der Waals surface area contributed by atoms with Gasteiger partial charge in [-0.2, -0.15) is 0 Å². The fourth-order valence-electron chi connectivity index (χ4n) is 3.58. The van der Waals surface area contributed by atoms with Gasteiger partial charge in [-0.05, 0) is 37.1 Å². The maximum Gasteiger partial charge on any atom is 0.338 e. The summed E-state index contributed by atoms with van der Waals surface area (Å²) in [5, 5.41) is 11.2. The van der Waals surface area contributed by atoms with E-state index in [9.17, 15) is 19.7 Å². The molecule has 1 amide bonds. The number of hydrogen-bond acceptors (Lipinski definition) is 7. The summed E-state index contributed by atoms with van der Waals surface area (Å²) >= 11 is 0. The van der Waals surface area contributed by atoms with Crippen molar-refractivity contribution in [1.82, 2.24) is 0 Å². The summed E-state index contributed by atoms with van der Waals surface area (Å²) in [6.45, 7) is 0.719. The molecule has 2 heterocycles. The number of fused-ring (bicyclic) bond motifs is 1. The molecule has 2 aliphatic rings. The number of anilines is 1. The molecule has 9 nitrogen and oxygen atoms in total. The molecule has 2 aromatic carbocycles. The molecule has 1 fully saturated rings. The summed E-state index contributed by atoms with van der Waals surface area (Å²) < 4.78 is 16.0. The molecule has 0 radical (unpaired) electrons. The third kappa shape index (κ3) is 4.11. The number of hydrogen-bond donors (Lipinski definition) is 0. The number of carbonyl (C=O) groups excluding carboxylic acids is 2. The van der Waals surface area contributed by atoms with E-state index in [1.807, 2.05) is 0 Å². The summed E-state index contributed by atoms with van der Waals surface area (Å²) in [4.78, 5) is 36.9. The highest BCUT2D eigenvalue weighted by Crippen LogP contribution is 2.33. The van der Waals surface area contributed by atoms with E-state index in [1.165, 1.54) is 12.1 Å². The Morgan fingerprint density at radius 1 is 1.20 bits per heavy atom. The number of carbonyl (C=O) groups is 2. The highest BCUT2D eigenvalue weighted by molar-refractivity contribution is 5.95. The number of benzene rings is 2. The first-order valence-corrected chi connectivity index (χ1v) is 9.61. The zero-order valence-corrected chi connectivity index (χ0v) is 16.2. The van der Waals surface area contributed by atoms with Crippen LogP contribution in [-0.2, 0) is 27.5 Å². The normalized spacial score (nSPS) is 15.9. The van der Waals surface area contributed by atoms with Crippen LogP contribution in [0.3, 0.4) is 0 Å². The van der Waals surface area contributed by atoms with Crippen LogP contribution in [-0.4, -0.2) is 30.1 Å². The number of nitrogens with zero attached hydrogens (tertiary/aromatic N) is 2. The number of nitro groups is 1. The molecule has 1 saturated heterocycles. The van der Waals surface area contributed by atoms with E-state index in [2.05, 4.69) is 0 Å². The lowest BCUT2D eigenvalue weighted by atomic mass is 10.1. The fourth-order valence-corrected chi connectivity index (χ4v) is 3.58. The predicted molar refractivity (Wildman–Crippen MR) is 105 cm³/mol. The van der Waals surface area contributed by atoms with Crippen LogP contribution < -0.4 is 9.64 Å². The molecular formula is C21H20N2O7. The van der Waals surface area contributed by atoms with Gasteiger partial charge in [0.05, 0.1) is 17.1 Å². The van der Waals surface area contributed by atoms with E-state index in [4.69, 9.17) is 14.2 Å². The van der Waals surface area contributed by atoms with Crippen LogP contribution >= 0.6 is 0 Å². The lowest BCUT2D eigenvalue weighted by molar-refractivity contribution is -0.385. The fraction of sp³-hybridized carbons (Fsp3) is 0.333. The van der Waals surface area contributed by atoms with Gasteiger partial charge in [0.2, 0.25) is 5.91 Å². The molecular weight excluding hydrogens is 392 g/mol. The number of esters is 1. The van der Waals surface area contributed by atoms with Crippen molar-refractivity contribution in [3.8, 4) is 5.75 Å². The molecule has 2 aliphatic heterocycles. The topological polar surface area (TPSA) is 108 Å². The minimum absolute atomic E-state index is 0.0302. The van der Waals surface area contributed by atoms with Gasteiger partial charge < -0.3 is 19.1 Å². The third-order valence-electron chi connectivity index (χ3n) is 5.08. The Morgan fingerprint density at radius 2 is 2.00 bits per heavy atom. The van der Waals surface area contributed by atoms with E-state index >= 15 is 0 Å². The van der Waals surface area contributed by atoms with Gasteiger partial charge >= 0.3 is 5.97 Å². The lowest BCUT2D eigenvalue weighted by Gasteiger charge is -2.26. The molecule has 0 saturated carbocycles. The van der Waals surface area contributed by atoms with Gasteiger partial charge in [-0.1, -0.05) is 0 Å². The van der Waals surface area contributed by atoms with Gasteiger partial charge in [0.15, 0.2) is 6.79 Å². The Hall–Kier alpha value is -3.46. The number of ether oxygens (including phenoxy) is 3. The number of amides is 1. The van der Waals surface area contributed by atoms with Gasteiger partial charge in [0.25, 0.3) is 5.69 Å². The van der Waals surface area contributed by atoms with Crippen molar-refractivity contribution >= 4 is 23.3 Å². The Labute approximate surface area is 172 Å². The van der Waals surface area contributed by atoms with Crippen LogP contribution in [0.2, 0.25) is 0 Å². The van der Waals surface area contributed by atoms with E-state index < -0.39 is 10.9 Å². The van der Waals surface area contributed by atoms with Gasteiger partial charge in [-0.25, -0.2) is 4.79 Å². The highest BCUT2D eigenvalue weighted by atomic mass is 16.7. The third-order valence-corrected chi connectivity index (χ3v) is 5.08. The first-order valence-electron chi connectivity index (χ1n) is 9.61. The molecule has 0 unspecified atom stereocenters. The summed E-state index contributed by atoms with van der Waals surface area (Å²) in [7, 11) is 0. The Bertz CT molecular complexity index is 988. The summed E-state index contributed by atoms with van der Waals surface area (Å²) in [5.41, 5.74) is 1.90. The Morgan fingerprint density at radius 3 is 2.73 bits per heavy atom. The largest absolute Gasteiger partial charge is 0.467 e. The van der Waals surface area contributed by atoms with Crippen molar-refractivity contribution in [3.63, 3.8) is 0 Å². The van der Waals surface area contributed by atoms with Crippen molar-refractivity contribution in [2.24, 2.45) is 0 Å². The maximum atomic E-state index is 12.5. The van der Waals surface area contributed by atoms with Crippen LogP contribution in [0.15, 0.2) is 36.4 Å². The molecule has 156 valence electrons. The monoisotopic (exact) mass is 412 g/mol. The molecule has 2 aromatic rings. The summed E-state index contributed by atoms with van der Waals surface area (Å²) in [6.07, 6.45) is 2.39. The molecule has 4 rings (SSSR count). The van der Waals surface area contributed by atoms with Crippen LogP contribution in [0.5, 0.6) is 5.75 Å². The molecule has 0 spiro atoms. The van der Waals surface area contributed by atoms with Crippen LogP contribution in [0.25, 0.3) is 0 Å². The summed E-state index contributed by atoms with van der Waals surface area (Å²) in [6, 6.07) is 9.37. The number of nitro benzene ring substituents is 1. The van der Waals surface area contributed by atoms with Crippen LogP contribution in [0.4, 0.5) is 11.4 Å². The molecule has 30 heavy (non-hydrogen) atoms. The Kier molecular flexibility index (Phi) is 5.62. The summed E-state index contributed by atoms with van der Waals surface area (Å²) in [5.74, 6) is -0.0477. The average Bonchev–Trinajstić information content (AvgIpc) is 2.77. The number of non-ortho nitro benzene ring substituents is 1. The molecule has 0 N–H and O–H groups in total. The van der Waals surface area contributed by atoms with Gasteiger partial charge in [0, 0.05) is 41.9 Å². The first kappa shape index (κ1) is 19.8. The van der Waals surface area contributed by atoms with Crippen LogP contribution in [0, 0.1) is 10.1 Å². The smallest absolute Gasteiger partial charge is 0.338 e. The zero-order chi connectivity index (χ0) is 21.1. The van der Waals surface area contributed by atoms with E-state index in [0.717, 1.165) is 18.5 Å². The molecule has 0 aliphatic carbocycles. The van der Waals surface area contributed by atoms with Crippen molar-refractivity contribution in [2.75, 3.05) is 18.2 Å². The molecule has 9 heteroatoms.